The van der Waals surface area contributed by atoms with E-state index in [0.29, 0.717) is 12.0 Å². The highest BCUT2D eigenvalue weighted by molar-refractivity contribution is 5.43. The van der Waals surface area contributed by atoms with Gasteiger partial charge >= 0.3 is 0 Å². The van der Waals surface area contributed by atoms with Crippen LogP contribution >= 0.6 is 0 Å². The number of pyridine rings is 1. The van der Waals surface area contributed by atoms with Crippen LogP contribution in [0.3, 0.4) is 0 Å². The van der Waals surface area contributed by atoms with E-state index in [0.717, 1.165) is 12.5 Å². The molecule has 0 spiro atoms. The van der Waals surface area contributed by atoms with Gasteiger partial charge < -0.3 is 10.2 Å². The number of hydrogen-bond acceptors (Lipinski definition) is 3. The lowest BCUT2D eigenvalue weighted by atomic mass is 10.1. The molecule has 2 aliphatic rings. The Labute approximate surface area is 105 Å². The van der Waals surface area contributed by atoms with Crippen molar-refractivity contribution in [2.75, 3.05) is 24.5 Å². The second kappa shape index (κ2) is 4.30. The first kappa shape index (κ1) is 11.0. The summed E-state index contributed by atoms with van der Waals surface area (Å²) in [6, 6.07) is 7.11. The van der Waals surface area contributed by atoms with Crippen LogP contribution in [0.2, 0.25) is 0 Å². The van der Waals surface area contributed by atoms with Crippen LogP contribution in [0, 0.1) is 5.92 Å². The molecule has 94 valence electrons. The Bertz CT molecular complexity index is 408. The molecule has 2 aliphatic heterocycles. The van der Waals surface area contributed by atoms with Gasteiger partial charge in [-0.15, -0.1) is 0 Å². The maximum atomic E-state index is 4.81. The normalized spacial score (nSPS) is 27.8. The zero-order valence-electron chi connectivity index (χ0n) is 10.7. The summed E-state index contributed by atoms with van der Waals surface area (Å²) in [7, 11) is 0. The summed E-state index contributed by atoms with van der Waals surface area (Å²) in [4.78, 5) is 7.31. The van der Waals surface area contributed by atoms with E-state index >= 15 is 0 Å². The number of aromatic nitrogens is 1. The van der Waals surface area contributed by atoms with Crippen LogP contribution in [0.15, 0.2) is 18.2 Å². The van der Waals surface area contributed by atoms with E-state index in [2.05, 4.69) is 42.3 Å². The Balaban J connectivity index is 0.00000120. The van der Waals surface area contributed by atoms with Crippen molar-refractivity contribution in [1.82, 2.24) is 10.3 Å². The predicted molar refractivity (Wildman–Crippen MR) is 72.6 cm³/mol. The summed E-state index contributed by atoms with van der Waals surface area (Å²) in [6.45, 7) is 7.89. The molecule has 2 fully saturated rings. The summed E-state index contributed by atoms with van der Waals surface area (Å²) < 4.78 is 0. The zero-order chi connectivity index (χ0) is 11.8. The van der Waals surface area contributed by atoms with E-state index in [9.17, 15) is 0 Å². The maximum Gasteiger partial charge on any atom is 0.129 e. The summed E-state index contributed by atoms with van der Waals surface area (Å²) in [5.74, 6) is 2.52. The minimum Gasteiger partial charge on any atom is -0.352 e. The zero-order valence-corrected chi connectivity index (χ0v) is 10.7. The van der Waals surface area contributed by atoms with Crippen LogP contribution in [0.1, 0.15) is 33.3 Å². The lowest BCUT2D eigenvalue weighted by Crippen LogP contribution is -2.34. The monoisotopic (exact) mass is 233 g/mol. The molecule has 0 radical (unpaired) electrons. The van der Waals surface area contributed by atoms with E-state index in [1.54, 1.807) is 0 Å². The number of hydrogen-bond donors (Lipinski definition) is 1. The number of fused-ring (bicyclic) bond motifs is 1. The molecule has 3 rings (SSSR count). The van der Waals surface area contributed by atoms with Crippen LogP contribution < -0.4 is 10.2 Å². The van der Waals surface area contributed by atoms with E-state index < -0.39 is 0 Å². The lowest BCUT2D eigenvalue weighted by Gasteiger charge is -2.25. The first-order chi connectivity index (χ1) is 8.25. The molecule has 0 saturated carbocycles. The average molecular weight is 233 g/mol. The quantitative estimate of drug-likeness (QED) is 0.849. The van der Waals surface area contributed by atoms with Crippen LogP contribution in [0.5, 0.6) is 0 Å². The lowest BCUT2D eigenvalue weighted by molar-refractivity contribution is 0.577. The van der Waals surface area contributed by atoms with Crippen LogP contribution in [0.4, 0.5) is 5.82 Å². The molecule has 17 heavy (non-hydrogen) atoms. The molecule has 3 nitrogen and oxygen atoms in total. The minimum absolute atomic E-state index is 0. The second-order valence-corrected chi connectivity index (χ2v) is 5.54. The molecular weight excluding hydrogens is 210 g/mol. The third-order valence-corrected chi connectivity index (χ3v) is 4.09. The molecule has 0 aliphatic carbocycles. The molecule has 0 aromatic carbocycles. The maximum absolute atomic E-state index is 4.81. The standard InChI is InChI=1S/C14H21N3.H2/c1-10(2)12-4-3-5-14(16-12)17-7-6-11-8-15-9-13(11)17;/h3-5,10-11,13,15H,6-9H2,1-2H3;1H. The third-order valence-electron chi connectivity index (χ3n) is 4.09. The summed E-state index contributed by atoms with van der Waals surface area (Å²) in [5, 5.41) is 3.49. The molecule has 1 aromatic heterocycles. The van der Waals surface area contributed by atoms with Gasteiger partial charge in [0.05, 0.1) is 0 Å². The highest BCUT2D eigenvalue weighted by Gasteiger charge is 2.37. The Morgan fingerprint density at radius 2 is 2.29 bits per heavy atom. The molecule has 1 N–H and O–H groups in total. The van der Waals surface area contributed by atoms with Crippen molar-refractivity contribution in [2.45, 2.75) is 32.2 Å². The summed E-state index contributed by atoms with van der Waals surface area (Å²) in [6.07, 6.45) is 1.31. The number of rotatable bonds is 2. The van der Waals surface area contributed by atoms with Gasteiger partial charge in [-0.3, -0.25) is 0 Å². The molecule has 0 bridgehead atoms. The van der Waals surface area contributed by atoms with Crippen LogP contribution in [0.25, 0.3) is 0 Å². The Kier molecular flexibility index (Phi) is 2.79. The Hall–Kier alpha value is -1.09. The molecule has 3 heterocycles. The number of nitrogens with one attached hydrogen (secondary N) is 1. The van der Waals surface area contributed by atoms with Crippen molar-refractivity contribution in [1.29, 1.82) is 0 Å². The van der Waals surface area contributed by atoms with Crippen LogP contribution in [-0.2, 0) is 0 Å². The minimum atomic E-state index is 0. The fourth-order valence-corrected chi connectivity index (χ4v) is 3.05. The van der Waals surface area contributed by atoms with Crippen molar-refractivity contribution in [3.05, 3.63) is 23.9 Å². The van der Waals surface area contributed by atoms with Gasteiger partial charge in [0.2, 0.25) is 0 Å². The van der Waals surface area contributed by atoms with Gasteiger partial charge in [-0.25, -0.2) is 4.98 Å². The van der Waals surface area contributed by atoms with E-state index in [-0.39, 0.29) is 1.43 Å². The molecule has 3 heteroatoms. The van der Waals surface area contributed by atoms with Crippen molar-refractivity contribution < 1.29 is 1.43 Å². The SMILES string of the molecule is CC(C)c1cccc(N2CCC3CNCC32)n1.[HH]. The fraction of sp³-hybridized carbons (Fsp3) is 0.643. The van der Waals surface area contributed by atoms with E-state index in [1.165, 1.54) is 31.0 Å². The second-order valence-electron chi connectivity index (χ2n) is 5.54. The molecule has 2 saturated heterocycles. The predicted octanol–water partition coefficient (Wildman–Crippen LogP) is 2.25. The third kappa shape index (κ3) is 1.93. The highest BCUT2D eigenvalue weighted by Crippen LogP contribution is 2.31. The highest BCUT2D eigenvalue weighted by atomic mass is 15.3. The largest absolute Gasteiger partial charge is 0.352 e. The number of anilines is 1. The molecule has 0 amide bonds. The van der Waals surface area contributed by atoms with Crippen molar-refractivity contribution in [3.63, 3.8) is 0 Å². The van der Waals surface area contributed by atoms with Crippen molar-refractivity contribution >= 4 is 5.82 Å². The summed E-state index contributed by atoms with van der Waals surface area (Å²) in [5.41, 5.74) is 1.21. The van der Waals surface area contributed by atoms with Crippen molar-refractivity contribution in [2.24, 2.45) is 5.92 Å². The first-order valence-corrected chi connectivity index (χ1v) is 6.70. The fourth-order valence-electron chi connectivity index (χ4n) is 3.05. The molecule has 1 aromatic rings. The van der Waals surface area contributed by atoms with Gasteiger partial charge in [-0.2, -0.15) is 0 Å². The first-order valence-electron chi connectivity index (χ1n) is 6.70. The number of nitrogens with zero attached hydrogens (tertiary/aromatic N) is 2. The van der Waals surface area contributed by atoms with E-state index in [1.807, 2.05) is 0 Å². The van der Waals surface area contributed by atoms with Gasteiger partial charge in [0.25, 0.3) is 0 Å². The molecular formula is C14H23N3. The van der Waals surface area contributed by atoms with Gasteiger partial charge in [0.15, 0.2) is 0 Å². The van der Waals surface area contributed by atoms with Gasteiger partial charge in [-0.05, 0) is 30.4 Å². The van der Waals surface area contributed by atoms with Gasteiger partial charge in [-0.1, -0.05) is 19.9 Å². The van der Waals surface area contributed by atoms with Crippen molar-refractivity contribution in [3.8, 4) is 0 Å². The molecule has 2 unspecified atom stereocenters. The smallest absolute Gasteiger partial charge is 0.129 e. The molecule has 2 atom stereocenters. The topological polar surface area (TPSA) is 28.2 Å². The van der Waals surface area contributed by atoms with E-state index in [4.69, 9.17) is 4.98 Å². The van der Waals surface area contributed by atoms with Gasteiger partial charge in [0, 0.05) is 32.8 Å². The average Bonchev–Trinajstić information content (AvgIpc) is 2.90. The Morgan fingerprint density at radius 1 is 1.41 bits per heavy atom. The van der Waals surface area contributed by atoms with Gasteiger partial charge in [0.1, 0.15) is 5.82 Å². The Morgan fingerprint density at radius 3 is 3.12 bits per heavy atom. The van der Waals surface area contributed by atoms with Crippen LogP contribution in [-0.4, -0.2) is 30.7 Å². The summed E-state index contributed by atoms with van der Waals surface area (Å²) >= 11 is 0.